The number of benzene rings is 1. The molecule has 2 aromatic heterocycles. The van der Waals surface area contributed by atoms with Crippen molar-refractivity contribution in [3.8, 4) is 0 Å². The topological polar surface area (TPSA) is 55.6 Å². The minimum Gasteiger partial charge on any atom is -0.379 e. The summed E-state index contributed by atoms with van der Waals surface area (Å²) in [4.78, 5) is 12.1. The van der Waals surface area contributed by atoms with Gasteiger partial charge in [-0.05, 0) is 23.8 Å². The summed E-state index contributed by atoms with van der Waals surface area (Å²) in [6, 6.07) is 10.3. The average Bonchev–Trinajstić information content (AvgIpc) is 3.00. The van der Waals surface area contributed by atoms with Crippen LogP contribution in [0.3, 0.4) is 0 Å². The molecular formula is C15H15N5. The minimum absolute atomic E-state index is 0.692. The van der Waals surface area contributed by atoms with E-state index in [1.807, 2.05) is 23.2 Å². The Morgan fingerprint density at radius 3 is 2.90 bits per heavy atom. The van der Waals surface area contributed by atoms with Crippen LogP contribution in [0.5, 0.6) is 0 Å². The summed E-state index contributed by atoms with van der Waals surface area (Å²) in [5, 5.41) is 3.37. The molecule has 0 spiro atoms. The molecule has 0 unspecified atom stereocenters. The van der Waals surface area contributed by atoms with Gasteiger partial charge in [-0.25, -0.2) is 15.0 Å². The van der Waals surface area contributed by atoms with Gasteiger partial charge >= 0.3 is 0 Å². The highest BCUT2D eigenvalue weighted by atomic mass is 15.0. The zero-order valence-corrected chi connectivity index (χ0v) is 11.0. The molecule has 0 aliphatic heterocycles. The summed E-state index contributed by atoms with van der Waals surface area (Å²) in [6.45, 7) is 1.51. The normalized spacial score (nSPS) is 10.4. The Morgan fingerprint density at radius 2 is 2.10 bits per heavy atom. The van der Waals surface area contributed by atoms with Crippen molar-refractivity contribution in [1.29, 1.82) is 0 Å². The predicted molar refractivity (Wildman–Crippen MR) is 77.1 cm³/mol. The summed E-state index contributed by atoms with van der Waals surface area (Å²) < 4.78 is 2.05. The van der Waals surface area contributed by atoms with E-state index in [0.717, 1.165) is 17.9 Å². The van der Waals surface area contributed by atoms with E-state index in [1.165, 1.54) is 5.56 Å². The maximum atomic E-state index is 4.19. The molecule has 0 atom stereocenters. The van der Waals surface area contributed by atoms with Crippen molar-refractivity contribution < 1.29 is 0 Å². The van der Waals surface area contributed by atoms with Crippen molar-refractivity contribution in [2.24, 2.45) is 0 Å². The Bertz CT molecular complexity index is 649. The molecular weight excluding hydrogens is 250 g/mol. The van der Waals surface area contributed by atoms with Gasteiger partial charge in [0.15, 0.2) is 0 Å². The second kappa shape index (κ2) is 5.97. The molecule has 0 saturated heterocycles. The number of nitrogens with zero attached hydrogens (tertiary/aromatic N) is 4. The smallest absolute Gasteiger partial charge is 0.115 e. The third-order valence-corrected chi connectivity index (χ3v) is 2.97. The van der Waals surface area contributed by atoms with Crippen molar-refractivity contribution in [2.45, 2.75) is 13.1 Å². The van der Waals surface area contributed by atoms with Gasteiger partial charge in [0, 0.05) is 30.8 Å². The molecule has 20 heavy (non-hydrogen) atoms. The molecule has 1 aromatic carbocycles. The highest BCUT2D eigenvalue weighted by molar-refractivity contribution is 5.46. The van der Waals surface area contributed by atoms with Gasteiger partial charge in [-0.15, -0.1) is 0 Å². The number of hydrogen-bond acceptors (Lipinski definition) is 4. The molecule has 0 bridgehead atoms. The number of rotatable bonds is 5. The number of anilines is 1. The van der Waals surface area contributed by atoms with Gasteiger partial charge in [0.2, 0.25) is 0 Å². The zero-order chi connectivity index (χ0) is 13.6. The first-order chi connectivity index (χ1) is 9.90. The summed E-state index contributed by atoms with van der Waals surface area (Å²) in [7, 11) is 0. The van der Waals surface area contributed by atoms with Crippen LogP contribution in [0.25, 0.3) is 0 Å². The highest BCUT2D eigenvalue weighted by Crippen LogP contribution is 2.12. The molecule has 0 radical (unpaired) electrons. The summed E-state index contributed by atoms with van der Waals surface area (Å²) in [6.07, 6.45) is 8.88. The first-order valence-corrected chi connectivity index (χ1v) is 6.43. The van der Waals surface area contributed by atoms with Crippen molar-refractivity contribution >= 4 is 5.69 Å². The molecule has 5 nitrogen and oxygen atoms in total. The number of aromatic nitrogens is 4. The van der Waals surface area contributed by atoms with E-state index in [9.17, 15) is 0 Å². The largest absolute Gasteiger partial charge is 0.379 e. The SMILES string of the molecule is c1cc(Cn2ccnc2)cc(NCc2ccncn2)c1. The second-order valence-corrected chi connectivity index (χ2v) is 4.49. The zero-order valence-electron chi connectivity index (χ0n) is 11.0. The van der Waals surface area contributed by atoms with Gasteiger partial charge in [0.1, 0.15) is 6.33 Å². The second-order valence-electron chi connectivity index (χ2n) is 4.49. The van der Waals surface area contributed by atoms with Gasteiger partial charge in [-0.2, -0.15) is 0 Å². The first kappa shape index (κ1) is 12.3. The molecule has 0 saturated carbocycles. The van der Waals surface area contributed by atoms with Crippen LogP contribution < -0.4 is 5.32 Å². The molecule has 5 heteroatoms. The average molecular weight is 265 g/mol. The molecule has 100 valence electrons. The maximum Gasteiger partial charge on any atom is 0.115 e. The Labute approximate surface area is 117 Å². The van der Waals surface area contributed by atoms with E-state index in [-0.39, 0.29) is 0 Å². The van der Waals surface area contributed by atoms with Crippen molar-refractivity contribution in [2.75, 3.05) is 5.32 Å². The Kier molecular flexibility index (Phi) is 3.68. The van der Waals surface area contributed by atoms with Gasteiger partial charge < -0.3 is 9.88 Å². The van der Waals surface area contributed by atoms with E-state index in [4.69, 9.17) is 0 Å². The summed E-state index contributed by atoms with van der Waals surface area (Å²) in [5.74, 6) is 0. The minimum atomic E-state index is 0.692. The van der Waals surface area contributed by atoms with Gasteiger partial charge in [0.25, 0.3) is 0 Å². The van der Waals surface area contributed by atoms with Gasteiger partial charge in [-0.1, -0.05) is 12.1 Å². The van der Waals surface area contributed by atoms with Crippen LogP contribution in [0.15, 0.2) is 61.6 Å². The standard InChI is InChI=1S/C15H15N5/c1-2-13(10-20-7-6-17-12-20)8-14(3-1)18-9-15-4-5-16-11-19-15/h1-8,11-12,18H,9-10H2. The molecule has 2 heterocycles. The van der Waals surface area contributed by atoms with Crippen LogP contribution in [0, 0.1) is 0 Å². The fourth-order valence-corrected chi connectivity index (χ4v) is 1.99. The lowest BCUT2D eigenvalue weighted by atomic mass is 10.2. The van der Waals surface area contributed by atoms with Crippen LogP contribution in [0.2, 0.25) is 0 Å². The van der Waals surface area contributed by atoms with Crippen molar-refractivity contribution in [3.05, 3.63) is 72.8 Å². The molecule has 0 amide bonds. The highest BCUT2D eigenvalue weighted by Gasteiger charge is 1.98. The molecule has 0 aliphatic rings. The van der Waals surface area contributed by atoms with Gasteiger partial charge in [0.05, 0.1) is 18.6 Å². The number of hydrogen-bond donors (Lipinski definition) is 1. The van der Waals surface area contributed by atoms with E-state index >= 15 is 0 Å². The lowest BCUT2D eigenvalue weighted by Gasteiger charge is -2.08. The van der Waals surface area contributed by atoms with Crippen molar-refractivity contribution in [1.82, 2.24) is 19.5 Å². The van der Waals surface area contributed by atoms with Gasteiger partial charge in [-0.3, -0.25) is 0 Å². The van der Waals surface area contributed by atoms with Crippen molar-refractivity contribution in [3.63, 3.8) is 0 Å². The monoisotopic (exact) mass is 265 g/mol. The predicted octanol–water partition coefficient (Wildman–Crippen LogP) is 2.33. The Balaban J connectivity index is 1.65. The molecule has 3 aromatic rings. The van der Waals surface area contributed by atoms with E-state index < -0.39 is 0 Å². The maximum absolute atomic E-state index is 4.19. The number of nitrogens with one attached hydrogen (secondary N) is 1. The summed E-state index contributed by atoms with van der Waals surface area (Å²) >= 11 is 0. The Hall–Kier alpha value is -2.69. The van der Waals surface area contributed by atoms with Crippen LogP contribution in [0.4, 0.5) is 5.69 Å². The van der Waals surface area contributed by atoms with E-state index in [0.29, 0.717) is 6.54 Å². The fraction of sp³-hybridized carbons (Fsp3) is 0.133. The van der Waals surface area contributed by atoms with Crippen LogP contribution in [0.1, 0.15) is 11.3 Å². The third-order valence-electron chi connectivity index (χ3n) is 2.97. The third kappa shape index (κ3) is 3.20. The van der Waals surface area contributed by atoms with Crippen LogP contribution in [-0.4, -0.2) is 19.5 Å². The van der Waals surface area contributed by atoms with Crippen LogP contribution in [-0.2, 0) is 13.1 Å². The van der Waals surface area contributed by atoms with Crippen LogP contribution >= 0.6 is 0 Å². The lowest BCUT2D eigenvalue weighted by Crippen LogP contribution is -2.03. The summed E-state index contributed by atoms with van der Waals surface area (Å²) in [5.41, 5.74) is 3.29. The van der Waals surface area contributed by atoms with E-state index in [1.54, 1.807) is 18.7 Å². The van der Waals surface area contributed by atoms with E-state index in [2.05, 4.69) is 44.5 Å². The first-order valence-electron chi connectivity index (χ1n) is 6.43. The number of imidazole rings is 1. The molecule has 3 rings (SSSR count). The lowest BCUT2D eigenvalue weighted by molar-refractivity contribution is 0.797. The molecule has 1 N–H and O–H groups in total. The quantitative estimate of drug-likeness (QED) is 0.769. The molecule has 0 fully saturated rings. The Morgan fingerprint density at radius 1 is 1.10 bits per heavy atom. The molecule has 0 aliphatic carbocycles. The fourth-order valence-electron chi connectivity index (χ4n) is 1.99.